The lowest BCUT2D eigenvalue weighted by Gasteiger charge is -2.34. The van der Waals surface area contributed by atoms with Gasteiger partial charge in [-0.3, -0.25) is 0 Å². The molecule has 2 aromatic heterocycles. The zero-order chi connectivity index (χ0) is 17.2. The van der Waals surface area contributed by atoms with Gasteiger partial charge in [0, 0.05) is 44.3 Å². The monoisotopic (exact) mass is 355 g/mol. The number of aromatic nitrogens is 2. The first kappa shape index (κ1) is 16.2. The van der Waals surface area contributed by atoms with E-state index in [1.807, 2.05) is 34.9 Å². The van der Waals surface area contributed by atoms with Crippen LogP contribution in [0.1, 0.15) is 5.69 Å². The molecular weight excluding hydrogens is 334 g/mol. The Labute approximate surface area is 152 Å². The van der Waals surface area contributed by atoms with Crippen molar-refractivity contribution in [3.8, 4) is 0 Å². The van der Waals surface area contributed by atoms with Gasteiger partial charge in [-0.05, 0) is 25.2 Å². The number of rotatable bonds is 4. The first-order valence-electron chi connectivity index (χ1n) is 8.58. The van der Waals surface area contributed by atoms with Crippen molar-refractivity contribution in [2.75, 3.05) is 43.4 Å². The van der Waals surface area contributed by atoms with Crippen LogP contribution >= 0.6 is 11.6 Å². The first-order valence-corrected chi connectivity index (χ1v) is 8.96. The van der Waals surface area contributed by atoms with Crippen LogP contribution in [0.4, 0.5) is 11.4 Å². The highest BCUT2D eigenvalue weighted by molar-refractivity contribution is 6.30. The van der Waals surface area contributed by atoms with E-state index in [1.165, 1.54) is 0 Å². The maximum Gasteiger partial charge on any atom is 0.160 e. The molecule has 0 spiro atoms. The summed E-state index contributed by atoms with van der Waals surface area (Å²) in [5, 5.41) is 4.15. The van der Waals surface area contributed by atoms with Gasteiger partial charge in [0.05, 0.1) is 22.9 Å². The number of halogens is 1. The van der Waals surface area contributed by atoms with Crippen LogP contribution in [0.5, 0.6) is 0 Å². The molecule has 0 amide bonds. The average Bonchev–Trinajstić information content (AvgIpc) is 3.03. The number of nitrogens with one attached hydrogen (secondary N) is 1. The SMILES string of the molecule is CN1CCN(c2cc(Cl)cn3cc(CNc4ccccc4)nc23)CC1. The first-order chi connectivity index (χ1) is 12.2. The second-order valence-corrected chi connectivity index (χ2v) is 6.95. The summed E-state index contributed by atoms with van der Waals surface area (Å²) in [7, 11) is 2.16. The second kappa shape index (κ2) is 6.94. The molecular formula is C19H22ClN5. The summed E-state index contributed by atoms with van der Waals surface area (Å²) < 4.78 is 2.04. The van der Waals surface area contributed by atoms with Crippen molar-refractivity contribution in [2.45, 2.75) is 6.54 Å². The van der Waals surface area contributed by atoms with Crippen molar-refractivity contribution >= 4 is 28.6 Å². The summed E-state index contributed by atoms with van der Waals surface area (Å²) in [6.45, 7) is 4.79. The number of fused-ring (bicyclic) bond motifs is 1. The van der Waals surface area contributed by atoms with E-state index in [2.05, 4.69) is 40.5 Å². The molecule has 1 saturated heterocycles. The Hall–Kier alpha value is -2.24. The van der Waals surface area contributed by atoms with E-state index in [0.29, 0.717) is 6.54 Å². The van der Waals surface area contributed by atoms with E-state index in [0.717, 1.165) is 53.9 Å². The molecule has 25 heavy (non-hydrogen) atoms. The van der Waals surface area contributed by atoms with Crippen LogP contribution in [0.3, 0.4) is 0 Å². The topological polar surface area (TPSA) is 35.8 Å². The lowest BCUT2D eigenvalue weighted by atomic mass is 10.3. The molecule has 3 aromatic rings. The number of hydrogen-bond acceptors (Lipinski definition) is 4. The maximum absolute atomic E-state index is 6.35. The van der Waals surface area contributed by atoms with Gasteiger partial charge in [-0.2, -0.15) is 0 Å². The lowest BCUT2D eigenvalue weighted by Crippen LogP contribution is -2.44. The third-order valence-corrected chi connectivity index (χ3v) is 4.85. The van der Waals surface area contributed by atoms with Crippen LogP contribution in [0, 0.1) is 0 Å². The van der Waals surface area contributed by atoms with Crippen molar-refractivity contribution in [1.82, 2.24) is 14.3 Å². The minimum atomic E-state index is 0.686. The van der Waals surface area contributed by atoms with Crippen molar-refractivity contribution in [2.24, 2.45) is 0 Å². The molecule has 5 nitrogen and oxygen atoms in total. The van der Waals surface area contributed by atoms with Gasteiger partial charge in [0.1, 0.15) is 0 Å². The summed E-state index contributed by atoms with van der Waals surface area (Å²) >= 11 is 6.35. The van der Waals surface area contributed by atoms with Crippen molar-refractivity contribution in [3.63, 3.8) is 0 Å². The summed E-state index contributed by atoms with van der Waals surface area (Å²) in [4.78, 5) is 9.57. The normalized spacial score (nSPS) is 15.7. The molecule has 6 heteroatoms. The van der Waals surface area contributed by atoms with Gasteiger partial charge in [-0.15, -0.1) is 0 Å². The second-order valence-electron chi connectivity index (χ2n) is 6.52. The molecule has 0 unspecified atom stereocenters. The number of para-hydroxylation sites is 1. The number of pyridine rings is 1. The summed E-state index contributed by atoms with van der Waals surface area (Å²) in [6.07, 6.45) is 3.98. The summed E-state index contributed by atoms with van der Waals surface area (Å²) in [6, 6.07) is 12.2. The van der Waals surface area contributed by atoms with E-state index in [9.17, 15) is 0 Å². The van der Waals surface area contributed by atoms with Crippen LogP contribution in [0.15, 0.2) is 48.8 Å². The highest BCUT2D eigenvalue weighted by atomic mass is 35.5. The Morgan fingerprint density at radius 3 is 2.60 bits per heavy atom. The van der Waals surface area contributed by atoms with E-state index >= 15 is 0 Å². The van der Waals surface area contributed by atoms with E-state index in [-0.39, 0.29) is 0 Å². The van der Waals surface area contributed by atoms with Crippen molar-refractivity contribution in [3.05, 3.63) is 59.5 Å². The van der Waals surface area contributed by atoms with Gasteiger partial charge in [0.15, 0.2) is 5.65 Å². The number of benzene rings is 1. The molecule has 3 heterocycles. The summed E-state index contributed by atoms with van der Waals surface area (Å²) in [5.41, 5.74) is 4.18. The van der Waals surface area contributed by atoms with Crippen molar-refractivity contribution < 1.29 is 0 Å². The smallest absolute Gasteiger partial charge is 0.160 e. The number of imidazole rings is 1. The van der Waals surface area contributed by atoms with Crippen LogP contribution < -0.4 is 10.2 Å². The quantitative estimate of drug-likeness (QED) is 0.778. The molecule has 1 fully saturated rings. The van der Waals surface area contributed by atoms with Crippen LogP contribution in [0.2, 0.25) is 5.02 Å². The molecule has 1 aliphatic rings. The lowest BCUT2D eigenvalue weighted by molar-refractivity contribution is 0.313. The number of hydrogen-bond donors (Lipinski definition) is 1. The molecule has 1 N–H and O–H groups in total. The third-order valence-electron chi connectivity index (χ3n) is 4.64. The Morgan fingerprint density at radius 2 is 1.84 bits per heavy atom. The van der Waals surface area contributed by atoms with Gasteiger partial charge in [0.25, 0.3) is 0 Å². The third kappa shape index (κ3) is 3.57. The number of nitrogens with zero attached hydrogens (tertiary/aromatic N) is 4. The molecule has 0 saturated carbocycles. The largest absolute Gasteiger partial charge is 0.379 e. The Balaban J connectivity index is 1.60. The predicted molar refractivity (Wildman–Crippen MR) is 104 cm³/mol. The molecule has 0 bridgehead atoms. The van der Waals surface area contributed by atoms with Crippen LogP contribution in [-0.2, 0) is 6.54 Å². The zero-order valence-electron chi connectivity index (χ0n) is 14.3. The van der Waals surface area contributed by atoms with Crippen molar-refractivity contribution in [1.29, 1.82) is 0 Å². The van der Waals surface area contributed by atoms with Gasteiger partial charge in [-0.1, -0.05) is 29.8 Å². The van der Waals surface area contributed by atoms with Gasteiger partial charge >= 0.3 is 0 Å². The minimum Gasteiger partial charge on any atom is -0.379 e. The van der Waals surface area contributed by atoms with E-state index < -0.39 is 0 Å². The molecule has 4 rings (SSSR count). The molecule has 0 atom stereocenters. The molecule has 1 aromatic carbocycles. The maximum atomic E-state index is 6.35. The van der Waals surface area contributed by atoms with Gasteiger partial charge < -0.3 is 19.5 Å². The predicted octanol–water partition coefficient (Wildman–Crippen LogP) is 3.35. The highest BCUT2D eigenvalue weighted by Gasteiger charge is 2.18. The fourth-order valence-corrected chi connectivity index (χ4v) is 3.42. The standard InChI is InChI=1S/C19H22ClN5/c1-23-7-9-24(10-8-23)18-11-15(20)13-25-14-17(22-19(18)25)12-21-16-5-3-2-4-6-16/h2-6,11,13-14,21H,7-10,12H2,1H3. The fourth-order valence-electron chi connectivity index (χ4n) is 3.21. The average molecular weight is 356 g/mol. The van der Waals surface area contributed by atoms with E-state index in [1.54, 1.807) is 0 Å². The Bertz CT molecular complexity index is 853. The molecule has 0 radical (unpaired) electrons. The Kier molecular flexibility index (Phi) is 4.51. The molecule has 1 aliphatic heterocycles. The van der Waals surface area contributed by atoms with Crippen LogP contribution in [-0.4, -0.2) is 47.5 Å². The van der Waals surface area contributed by atoms with Crippen LogP contribution in [0.25, 0.3) is 5.65 Å². The number of likely N-dealkylation sites (N-methyl/N-ethyl adjacent to an activating group) is 1. The zero-order valence-corrected chi connectivity index (χ0v) is 15.1. The van der Waals surface area contributed by atoms with Gasteiger partial charge in [0.2, 0.25) is 0 Å². The number of anilines is 2. The number of piperazine rings is 1. The highest BCUT2D eigenvalue weighted by Crippen LogP contribution is 2.26. The minimum absolute atomic E-state index is 0.686. The van der Waals surface area contributed by atoms with Gasteiger partial charge in [-0.25, -0.2) is 4.98 Å². The molecule has 0 aliphatic carbocycles. The fraction of sp³-hybridized carbons (Fsp3) is 0.316. The molecule has 130 valence electrons. The Morgan fingerprint density at radius 1 is 1.08 bits per heavy atom. The van der Waals surface area contributed by atoms with E-state index in [4.69, 9.17) is 16.6 Å². The summed E-state index contributed by atoms with van der Waals surface area (Å²) in [5.74, 6) is 0.